The maximum absolute atomic E-state index is 5.78. The van der Waals surface area contributed by atoms with E-state index in [0.29, 0.717) is 6.04 Å². The molecule has 0 aliphatic carbocycles. The maximum atomic E-state index is 5.78. The first-order valence-corrected chi connectivity index (χ1v) is 6.31. The van der Waals surface area contributed by atoms with Crippen LogP contribution in [0, 0.1) is 0 Å². The summed E-state index contributed by atoms with van der Waals surface area (Å²) in [5.74, 6) is 0. The lowest BCUT2D eigenvalue weighted by Crippen LogP contribution is -2.44. The molecule has 0 aromatic carbocycles. The van der Waals surface area contributed by atoms with Crippen molar-refractivity contribution in [1.82, 2.24) is 9.80 Å². The first kappa shape index (κ1) is 12.9. The number of hydrogen-bond acceptors (Lipinski definition) is 3. The van der Waals surface area contributed by atoms with Crippen LogP contribution in [0.1, 0.15) is 33.1 Å². The lowest BCUT2D eigenvalue weighted by molar-refractivity contribution is 0.129. The van der Waals surface area contributed by atoms with Crippen LogP contribution in [-0.4, -0.2) is 55.1 Å². The van der Waals surface area contributed by atoms with E-state index < -0.39 is 0 Å². The lowest BCUT2D eigenvalue weighted by atomic mass is 10.0. The van der Waals surface area contributed by atoms with Crippen molar-refractivity contribution in [2.45, 2.75) is 45.2 Å². The number of hydrogen-bond donors (Lipinski definition) is 1. The highest BCUT2D eigenvalue weighted by molar-refractivity contribution is 4.78. The van der Waals surface area contributed by atoms with E-state index >= 15 is 0 Å². The highest BCUT2D eigenvalue weighted by Crippen LogP contribution is 2.15. The third-order valence-electron chi connectivity index (χ3n) is 3.56. The predicted octanol–water partition coefficient (Wildman–Crippen LogP) is 1.14. The van der Waals surface area contributed by atoms with E-state index in [1.54, 1.807) is 0 Å². The van der Waals surface area contributed by atoms with Gasteiger partial charge in [0.05, 0.1) is 0 Å². The Labute approximate surface area is 94.6 Å². The molecule has 1 rings (SSSR count). The monoisotopic (exact) mass is 213 g/mol. The number of likely N-dealkylation sites (tertiary alicyclic amines) is 1. The van der Waals surface area contributed by atoms with E-state index in [4.69, 9.17) is 5.73 Å². The molecule has 1 heterocycles. The fourth-order valence-corrected chi connectivity index (χ4v) is 2.27. The fourth-order valence-electron chi connectivity index (χ4n) is 2.27. The summed E-state index contributed by atoms with van der Waals surface area (Å²) in [5, 5.41) is 0. The van der Waals surface area contributed by atoms with Crippen LogP contribution in [0.4, 0.5) is 0 Å². The quantitative estimate of drug-likeness (QED) is 0.743. The zero-order chi connectivity index (χ0) is 11.3. The molecule has 0 aromatic rings. The normalized spacial score (nSPS) is 22.2. The minimum absolute atomic E-state index is 0.336. The minimum Gasteiger partial charge on any atom is -0.328 e. The Hall–Kier alpha value is -0.120. The Balaban J connectivity index is 2.20. The molecule has 1 unspecified atom stereocenters. The van der Waals surface area contributed by atoms with Gasteiger partial charge in [-0.3, -0.25) is 0 Å². The van der Waals surface area contributed by atoms with Crippen LogP contribution in [0.5, 0.6) is 0 Å². The van der Waals surface area contributed by atoms with Gasteiger partial charge in [0.25, 0.3) is 0 Å². The summed E-state index contributed by atoms with van der Waals surface area (Å²) in [6.07, 6.45) is 3.76. The number of rotatable bonds is 5. The van der Waals surface area contributed by atoms with Crippen molar-refractivity contribution in [2.75, 3.05) is 33.2 Å². The molecule has 1 atom stereocenters. The van der Waals surface area contributed by atoms with Gasteiger partial charge in [0.2, 0.25) is 0 Å². The van der Waals surface area contributed by atoms with Crippen molar-refractivity contribution in [3.05, 3.63) is 0 Å². The Morgan fingerprint density at radius 1 is 1.40 bits per heavy atom. The molecule has 15 heavy (non-hydrogen) atoms. The molecule has 0 radical (unpaired) electrons. The highest BCUT2D eigenvalue weighted by Gasteiger charge is 2.21. The van der Waals surface area contributed by atoms with Crippen LogP contribution in [0.25, 0.3) is 0 Å². The molecule has 0 spiro atoms. The van der Waals surface area contributed by atoms with Crippen LogP contribution in [0.2, 0.25) is 0 Å². The maximum Gasteiger partial charge on any atom is 0.0117 e. The third kappa shape index (κ3) is 4.49. The van der Waals surface area contributed by atoms with Gasteiger partial charge in [-0.15, -0.1) is 0 Å². The summed E-state index contributed by atoms with van der Waals surface area (Å²) < 4.78 is 0. The van der Waals surface area contributed by atoms with Crippen molar-refractivity contribution in [1.29, 1.82) is 0 Å². The summed E-state index contributed by atoms with van der Waals surface area (Å²) in [6.45, 7) is 9.23. The number of nitrogens with zero attached hydrogens (tertiary/aromatic N) is 2. The van der Waals surface area contributed by atoms with Crippen molar-refractivity contribution in [3.63, 3.8) is 0 Å². The molecule has 0 amide bonds. The highest BCUT2D eigenvalue weighted by atomic mass is 15.2. The van der Waals surface area contributed by atoms with Crippen LogP contribution >= 0.6 is 0 Å². The molecular weight excluding hydrogens is 186 g/mol. The van der Waals surface area contributed by atoms with Gasteiger partial charge in [-0.1, -0.05) is 6.92 Å². The average molecular weight is 213 g/mol. The van der Waals surface area contributed by atoms with Gasteiger partial charge in [-0.05, 0) is 59.4 Å². The van der Waals surface area contributed by atoms with Gasteiger partial charge in [0, 0.05) is 12.1 Å². The van der Waals surface area contributed by atoms with Crippen LogP contribution in [0.15, 0.2) is 0 Å². The number of piperidine rings is 1. The van der Waals surface area contributed by atoms with Gasteiger partial charge in [-0.25, -0.2) is 0 Å². The first-order chi connectivity index (χ1) is 7.13. The Kier molecular flexibility index (Phi) is 5.58. The molecule has 1 aliphatic heterocycles. The fraction of sp³-hybridized carbons (Fsp3) is 1.00. The Bertz CT molecular complexity index is 162. The zero-order valence-electron chi connectivity index (χ0n) is 10.6. The predicted molar refractivity (Wildman–Crippen MR) is 66.0 cm³/mol. The molecule has 0 saturated carbocycles. The molecule has 90 valence electrons. The standard InChI is InChI=1S/C12H27N3/c1-4-15-9-6-12(7-10-15)14(3)8-5-11(2)13/h11-12H,4-10,13H2,1-3H3. The average Bonchev–Trinajstić information content (AvgIpc) is 2.26. The molecule has 1 saturated heterocycles. The van der Waals surface area contributed by atoms with Crippen LogP contribution in [-0.2, 0) is 0 Å². The second kappa shape index (κ2) is 6.46. The second-order valence-electron chi connectivity index (χ2n) is 4.91. The smallest absolute Gasteiger partial charge is 0.0117 e. The van der Waals surface area contributed by atoms with E-state index in [2.05, 4.69) is 30.7 Å². The largest absolute Gasteiger partial charge is 0.328 e. The van der Waals surface area contributed by atoms with Crippen molar-refractivity contribution in [2.24, 2.45) is 5.73 Å². The number of nitrogens with two attached hydrogens (primary N) is 1. The molecule has 3 heteroatoms. The van der Waals surface area contributed by atoms with Gasteiger partial charge in [0.1, 0.15) is 0 Å². The SMILES string of the molecule is CCN1CCC(N(C)CCC(C)N)CC1. The minimum atomic E-state index is 0.336. The second-order valence-corrected chi connectivity index (χ2v) is 4.91. The lowest BCUT2D eigenvalue weighted by Gasteiger charge is -2.36. The molecule has 2 N–H and O–H groups in total. The Morgan fingerprint density at radius 2 is 2.00 bits per heavy atom. The van der Waals surface area contributed by atoms with E-state index in [-0.39, 0.29) is 0 Å². The van der Waals surface area contributed by atoms with Gasteiger partial charge in [0.15, 0.2) is 0 Å². The first-order valence-electron chi connectivity index (χ1n) is 6.31. The van der Waals surface area contributed by atoms with Gasteiger partial charge in [-0.2, -0.15) is 0 Å². The molecule has 1 fully saturated rings. The van der Waals surface area contributed by atoms with E-state index in [0.717, 1.165) is 19.0 Å². The molecule has 3 nitrogen and oxygen atoms in total. The van der Waals surface area contributed by atoms with E-state index in [1.165, 1.54) is 32.5 Å². The van der Waals surface area contributed by atoms with Crippen LogP contribution < -0.4 is 5.73 Å². The molecule has 0 bridgehead atoms. The van der Waals surface area contributed by atoms with Gasteiger partial charge >= 0.3 is 0 Å². The summed E-state index contributed by atoms with van der Waals surface area (Å²) in [5.41, 5.74) is 5.78. The summed E-state index contributed by atoms with van der Waals surface area (Å²) in [7, 11) is 2.24. The molecule has 1 aliphatic rings. The van der Waals surface area contributed by atoms with E-state index in [9.17, 15) is 0 Å². The summed E-state index contributed by atoms with van der Waals surface area (Å²) in [6, 6.07) is 1.12. The molecular formula is C12H27N3. The zero-order valence-corrected chi connectivity index (χ0v) is 10.6. The van der Waals surface area contributed by atoms with Crippen LogP contribution in [0.3, 0.4) is 0 Å². The summed E-state index contributed by atoms with van der Waals surface area (Å²) in [4.78, 5) is 5.03. The summed E-state index contributed by atoms with van der Waals surface area (Å²) >= 11 is 0. The van der Waals surface area contributed by atoms with Crippen molar-refractivity contribution < 1.29 is 0 Å². The topological polar surface area (TPSA) is 32.5 Å². The Morgan fingerprint density at radius 3 is 2.47 bits per heavy atom. The van der Waals surface area contributed by atoms with Gasteiger partial charge < -0.3 is 15.5 Å². The van der Waals surface area contributed by atoms with Crippen molar-refractivity contribution in [3.8, 4) is 0 Å². The molecule has 0 aromatic heterocycles. The van der Waals surface area contributed by atoms with Crippen molar-refractivity contribution >= 4 is 0 Å². The third-order valence-corrected chi connectivity index (χ3v) is 3.56. The van der Waals surface area contributed by atoms with E-state index in [1.807, 2.05) is 0 Å².